The number of hydrogen-bond acceptors (Lipinski definition) is 15. The summed E-state index contributed by atoms with van der Waals surface area (Å²) < 4.78 is 31.9. The lowest BCUT2D eigenvalue weighted by Gasteiger charge is -2.47. The molecule has 0 aromatic heterocycles. The van der Waals surface area contributed by atoms with Gasteiger partial charge < -0.3 is 69.3 Å². The van der Waals surface area contributed by atoms with Crippen LogP contribution in [0.5, 0.6) is 0 Å². The Balaban J connectivity index is 1.86. The molecule has 3 aliphatic heterocycles. The van der Waals surface area contributed by atoms with Crippen molar-refractivity contribution in [3.63, 3.8) is 0 Å². The Kier molecular flexibility index (Phi) is 9.24. The van der Waals surface area contributed by atoms with Crippen LogP contribution in [0, 0.1) is 0 Å². The minimum absolute atomic E-state index is 0.816. The van der Waals surface area contributed by atoms with Gasteiger partial charge in [0.05, 0.1) is 12.2 Å². The highest BCUT2D eigenvalue weighted by molar-refractivity contribution is 5.73. The van der Waals surface area contributed by atoms with Gasteiger partial charge in [-0.3, -0.25) is 4.79 Å². The highest BCUT2D eigenvalue weighted by atomic mass is 16.8. The average Bonchev–Trinajstić information content (AvgIpc) is 2.80. The fourth-order valence-electron chi connectivity index (χ4n) is 4.21. The van der Waals surface area contributed by atoms with Crippen molar-refractivity contribution in [2.45, 2.75) is 113 Å². The van der Waals surface area contributed by atoms with Crippen molar-refractivity contribution in [2.75, 3.05) is 0 Å². The summed E-state index contributed by atoms with van der Waals surface area (Å²) in [6.45, 7) is 3.79. The van der Waals surface area contributed by atoms with E-state index in [1.807, 2.05) is 0 Å². The summed E-state index contributed by atoms with van der Waals surface area (Å²) >= 11 is 0. The largest absolute Gasteiger partial charge is 0.479 e. The van der Waals surface area contributed by atoms with E-state index < -0.39 is 104 Å². The molecule has 15 atom stereocenters. The zero-order valence-electron chi connectivity index (χ0n) is 19.5. The average molecular weight is 528 g/mol. The van der Waals surface area contributed by atoms with Crippen LogP contribution in [0.1, 0.15) is 20.8 Å². The van der Waals surface area contributed by atoms with Crippen LogP contribution < -0.4 is 0 Å². The maximum absolute atomic E-state index is 11.6. The first-order chi connectivity index (χ1) is 16.7. The van der Waals surface area contributed by atoms with Crippen LogP contribution in [-0.4, -0.2) is 145 Å². The number of carboxylic acid groups (broad SMARTS) is 1. The summed E-state index contributed by atoms with van der Waals surface area (Å²) in [7, 11) is 0. The monoisotopic (exact) mass is 528 g/mol. The van der Waals surface area contributed by atoms with Crippen molar-refractivity contribution < 1.29 is 78.9 Å². The molecule has 3 aliphatic rings. The number of aliphatic carboxylic acids is 1. The number of carbonyl (C=O) groups is 2. The van der Waals surface area contributed by atoms with Crippen LogP contribution in [0.2, 0.25) is 0 Å². The summed E-state index contributed by atoms with van der Waals surface area (Å²) in [5, 5.41) is 81.2. The molecule has 16 heteroatoms. The zero-order valence-corrected chi connectivity index (χ0v) is 19.5. The Morgan fingerprint density at radius 2 is 1.17 bits per heavy atom. The first-order valence-corrected chi connectivity index (χ1v) is 11.2. The van der Waals surface area contributed by atoms with Gasteiger partial charge in [-0.1, -0.05) is 0 Å². The highest BCUT2D eigenvalue weighted by Gasteiger charge is 2.54. The lowest BCUT2D eigenvalue weighted by atomic mass is 9.96. The first kappa shape index (κ1) is 29.0. The summed E-state index contributed by atoms with van der Waals surface area (Å²) in [6, 6.07) is 0. The molecule has 36 heavy (non-hydrogen) atoms. The molecule has 0 bridgehead atoms. The molecule has 0 amide bonds. The summed E-state index contributed by atoms with van der Waals surface area (Å²) in [4.78, 5) is 23.0. The molecule has 0 aromatic rings. The van der Waals surface area contributed by atoms with Crippen molar-refractivity contribution in [3.8, 4) is 0 Å². The van der Waals surface area contributed by atoms with E-state index in [0.29, 0.717) is 0 Å². The van der Waals surface area contributed by atoms with E-state index in [2.05, 4.69) is 0 Å². The second-order valence-electron chi connectivity index (χ2n) is 8.92. The fraction of sp³-hybridized carbons (Fsp3) is 0.900. The van der Waals surface area contributed by atoms with Gasteiger partial charge in [0.1, 0.15) is 48.8 Å². The van der Waals surface area contributed by atoms with Gasteiger partial charge in [-0.2, -0.15) is 0 Å². The van der Waals surface area contributed by atoms with Crippen LogP contribution >= 0.6 is 0 Å². The van der Waals surface area contributed by atoms with Crippen LogP contribution in [0.15, 0.2) is 0 Å². The maximum atomic E-state index is 11.6. The molecule has 0 aliphatic carbocycles. The molecular formula is C20H32O16. The number of esters is 1. The van der Waals surface area contributed by atoms with Crippen LogP contribution in [0.4, 0.5) is 0 Å². The molecule has 0 aromatic carbocycles. The van der Waals surface area contributed by atoms with Gasteiger partial charge in [0.2, 0.25) is 0 Å². The Morgan fingerprint density at radius 3 is 1.75 bits per heavy atom. The molecule has 0 unspecified atom stereocenters. The van der Waals surface area contributed by atoms with E-state index in [4.69, 9.17) is 28.4 Å². The summed E-state index contributed by atoms with van der Waals surface area (Å²) in [5.74, 6) is -2.48. The van der Waals surface area contributed by atoms with Gasteiger partial charge in [-0.05, 0) is 13.8 Å². The van der Waals surface area contributed by atoms with Gasteiger partial charge >= 0.3 is 11.9 Å². The topological polar surface area (TPSA) is 251 Å². The predicted octanol–water partition coefficient (Wildman–Crippen LogP) is -4.85. The van der Waals surface area contributed by atoms with Crippen molar-refractivity contribution in [3.05, 3.63) is 0 Å². The second-order valence-corrected chi connectivity index (χ2v) is 8.92. The molecule has 3 fully saturated rings. The second kappa shape index (κ2) is 11.5. The minimum Gasteiger partial charge on any atom is -0.479 e. The third-order valence-corrected chi connectivity index (χ3v) is 6.26. The molecule has 3 heterocycles. The van der Waals surface area contributed by atoms with Crippen LogP contribution in [-0.2, 0) is 38.0 Å². The van der Waals surface area contributed by atoms with Crippen LogP contribution in [0.3, 0.4) is 0 Å². The number of ether oxygens (including phenoxy) is 6. The third-order valence-electron chi connectivity index (χ3n) is 6.26. The van der Waals surface area contributed by atoms with Crippen molar-refractivity contribution >= 4 is 11.9 Å². The lowest BCUT2D eigenvalue weighted by Crippen LogP contribution is -2.66. The molecule has 0 spiro atoms. The molecule has 3 saturated heterocycles. The number of rotatable bonds is 6. The molecule has 8 N–H and O–H groups in total. The Hall–Kier alpha value is -1.54. The van der Waals surface area contributed by atoms with Crippen molar-refractivity contribution in [1.29, 1.82) is 0 Å². The number of aliphatic hydroxyl groups is 7. The Labute approximate surface area is 204 Å². The van der Waals surface area contributed by atoms with E-state index in [1.54, 1.807) is 0 Å². The van der Waals surface area contributed by atoms with Gasteiger partial charge in [0.25, 0.3) is 0 Å². The van der Waals surface area contributed by atoms with E-state index in [1.165, 1.54) is 13.8 Å². The molecule has 3 rings (SSSR count). The number of carbonyl (C=O) groups excluding carboxylic acids is 1. The summed E-state index contributed by atoms with van der Waals surface area (Å²) in [6.07, 6.45) is -25.1. The standard InChI is InChI=1S/C20H32O16/c1-4-7(22)9(24)15(36-19-12(27)13(33-6(3)21)8(23)5(2)31-19)20(32-4)35-14-10(25)11(26)18(30)34-16(14)17(28)29/h4-5,7-16,18-20,22-27,30H,1-3H3,(H,28,29)/t4-,5-,7-,8-,9+,10+,11+,12+,13+,14+,15+,16-,18+,19-,20-/m0/s1. The lowest BCUT2D eigenvalue weighted by molar-refractivity contribution is -0.381. The molecular weight excluding hydrogens is 496 g/mol. The Morgan fingerprint density at radius 1 is 0.639 bits per heavy atom. The molecule has 16 nitrogen and oxygen atoms in total. The highest BCUT2D eigenvalue weighted by Crippen LogP contribution is 2.33. The van der Waals surface area contributed by atoms with Crippen molar-refractivity contribution in [1.82, 2.24) is 0 Å². The number of aliphatic hydroxyl groups excluding tert-OH is 7. The quantitative estimate of drug-likeness (QED) is 0.150. The van der Waals surface area contributed by atoms with Crippen molar-refractivity contribution in [2.24, 2.45) is 0 Å². The van der Waals surface area contributed by atoms with Gasteiger partial charge in [-0.15, -0.1) is 0 Å². The minimum atomic E-state index is -2.04. The third kappa shape index (κ3) is 5.79. The number of hydrogen-bond donors (Lipinski definition) is 8. The van der Waals surface area contributed by atoms with Gasteiger partial charge in [0.15, 0.2) is 31.1 Å². The molecule has 0 radical (unpaired) electrons. The van der Waals surface area contributed by atoms with E-state index in [0.717, 1.165) is 6.92 Å². The normalized spacial score (nSPS) is 49.9. The fourth-order valence-corrected chi connectivity index (χ4v) is 4.21. The van der Waals surface area contributed by atoms with Gasteiger partial charge in [-0.25, -0.2) is 4.79 Å². The van der Waals surface area contributed by atoms with E-state index >= 15 is 0 Å². The van der Waals surface area contributed by atoms with Gasteiger partial charge in [0, 0.05) is 6.92 Å². The molecule has 0 saturated carbocycles. The first-order valence-electron chi connectivity index (χ1n) is 11.2. The number of carboxylic acids is 1. The van der Waals surface area contributed by atoms with E-state index in [9.17, 15) is 50.4 Å². The smallest absolute Gasteiger partial charge is 0.335 e. The molecule has 208 valence electrons. The predicted molar refractivity (Wildman–Crippen MR) is 109 cm³/mol. The van der Waals surface area contributed by atoms with E-state index in [-0.39, 0.29) is 0 Å². The SMILES string of the molecule is CC(=O)O[C@@H]1[C@@H](O)[C@H](C)O[C@@H](O[C@H]2[C@H](O[C@@H]3[C@H](O)[C@@H](O)[C@H](O)O[C@@H]3C(=O)O)O[C@@H](C)[C@H](O)[C@H]2O)[C@@H]1O. The van der Waals surface area contributed by atoms with Crippen LogP contribution in [0.25, 0.3) is 0 Å². The maximum Gasteiger partial charge on any atom is 0.335 e. The zero-order chi connectivity index (χ0) is 27.1. The summed E-state index contributed by atoms with van der Waals surface area (Å²) in [5.41, 5.74) is 0. The Bertz CT molecular complexity index is 781.